The van der Waals surface area contributed by atoms with Gasteiger partial charge in [0.25, 0.3) is 0 Å². The van der Waals surface area contributed by atoms with Gasteiger partial charge in [0.15, 0.2) is 0 Å². The molecule has 2 unspecified atom stereocenters. The summed E-state index contributed by atoms with van der Waals surface area (Å²) in [6.07, 6.45) is 0. The van der Waals surface area contributed by atoms with Gasteiger partial charge in [-0.1, -0.05) is 0 Å². The normalized spacial score (nSPS) is 18.7. The Balaban J connectivity index is 2.46. The Hall–Kier alpha value is 2.39. The maximum absolute atomic E-state index is 5.49. The molecule has 18 heavy (non-hydrogen) atoms. The minimum atomic E-state index is -0.352. The van der Waals surface area contributed by atoms with Gasteiger partial charge in [0, 0.05) is 0 Å². The topological polar surface area (TPSA) is 24.8 Å². The van der Waals surface area contributed by atoms with Gasteiger partial charge in [0.05, 0.1) is 0 Å². The monoisotopic (exact) mass is 408 g/mol. The van der Waals surface area contributed by atoms with Crippen molar-refractivity contribution in [3.63, 3.8) is 0 Å². The molecular formula is C6H13N2OP9. The van der Waals surface area contributed by atoms with Crippen LogP contribution in [0.1, 0.15) is 6.92 Å². The molecule has 1 aliphatic rings. The fourth-order valence-electron chi connectivity index (χ4n) is 1.16. The third-order valence-corrected chi connectivity index (χ3v) is 25.4. The van der Waals surface area contributed by atoms with Crippen LogP contribution in [0.3, 0.4) is 0 Å². The van der Waals surface area contributed by atoms with Crippen LogP contribution in [0.15, 0.2) is 4.99 Å². The van der Waals surface area contributed by atoms with E-state index in [0.717, 1.165) is 25.5 Å². The Morgan fingerprint density at radius 2 is 2.22 bits per heavy atom. The van der Waals surface area contributed by atoms with Gasteiger partial charge in [-0.05, 0) is 0 Å². The minimum absolute atomic E-state index is 0.352. The summed E-state index contributed by atoms with van der Waals surface area (Å²) >= 11 is 0. The van der Waals surface area contributed by atoms with Gasteiger partial charge in [-0.25, -0.2) is 0 Å². The zero-order valence-corrected chi connectivity index (χ0v) is 18.1. The van der Waals surface area contributed by atoms with Gasteiger partial charge in [-0.15, -0.1) is 0 Å². The molecule has 3 nitrogen and oxygen atoms in total. The summed E-state index contributed by atoms with van der Waals surface area (Å²) in [6, 6.07) is 0. The third kappa shape index (κ3) is 7.99. The van der Waals surface area contributed by atoms with Crippen molar-refractivity contribution in [2.24, 2.45) is 4.99 Å². The summed E-state index contributed by atoms with van der Waals surface area (Å²) in [5.74, 6) is 0.883. The molecule has 1 aliphatic heterocycles. The quantitative estimate of drug-likeness (QED) is 0.454. The number of hydrogen-bond donors (Lipinski definition) is 0. The molecule has 0 saturated heterocycles. The van der Waals surface area contributed by atoms with Gasteiger partial charge in [0.1, 0.15) is 0 Å². The summed E-state index contributed by atoms with van der Waals surface area (Å²) in [5.41, 5.74) is 0. The van der Waals surface area contributed by atoms with E-state index in [9.17, 15) is 0 Å². The number of rotatable bonds is 3. The Labute approximate surface area is 123 Å². The molecule has 0 bridgehead atoms. The molecule has 0 fully saturated rings. The first-order valence-electron chi connectivity index (χ1n) is 5.08. The van der Waals surface area contributed by atoms with Gasteiger partial charge in [0.2, 0.25) is 0 Å². The maximum atomic E-state index is 5.49. The average molecular weight is 408 g/mol. The average Bonchev–Trinajstić information content (AvgIpc) is 2.39. The molecule has 0 N–H and O–H groups in total. The van der Waals surface area contributed by atoms with Gasteiger partial charge in [-0.3, -0.25) is 0 Å². The van der Waals surface area contributed by atoms with Crippen LogP contribution < -0.4 is 0 Å². The molecule has 0 radical (unpaired) electrons. The summed E-state index contributed by atoms with van der Waals surface area (Å²) in [7, 11) is 16.2. The SMILES string of the molecule is CCOC1=NCCN(P(#P)P=PP=PP=PP)C1. The second kappa shape index (κ2) is 12.0. The van der Waals surface area contributed by atoms with Crippen LogP contribution in [0, 0.1) is 0 Å². The van der Waals surface area contributed by atoms with Crippen LogP contribution in [0.25, 0.3) is 0 Å². The molecule has 12 heteroatoms. The molecular weight excluding hydrogens is 395 g/mol. The zero-order valence-electron chi connectivity index (χ0n) is 9.79. The van der Waals surface area contributed by atoms with Gasteiger partial charge >= 0.3 is 123 Å². The first kappa shape index (κ1) is 18.4. The summed E-state index contributed by atoms with van der Waals surface area (Å²) in [4.78, 5) is 4.39. The Morgan fingerprint density at radius 3 is 2.94 bits per heavy atom. The molecule has 0 aromatic heterocycles. The Kier molecular flexibility index (Phi) is 12.3. The summed E-state index contributed by atoms with van der Waals surface area (Å²) in [6.45, 7) is 5.06. The third-order valence-electron chi connectivity index (χ3n) is 1.82. The van der Waals surface area contributed by atoms with Gasteiger partial charge < -0.3 is 0 Å². The molecule has 0 saturated carbocycles. The van der Waals surface area contributed by atoms with E-state index in [0.29, 0.717) is 6.61 Å². The van der Waals surface area contributed by atoms with E-state index in [-0.39, 0.29) is 6.86 Å². The number of ether oxygens (including phenoxy) is 1. The fraction of sp³-hybridized carbons (Fsp3) is 0.833. The second-order valence-electron chi connectivity index (χ2n) is 2.93. The Morgan fingerprint density at radius 1 is 1.44 bits per heavy atom. The van der Waals surface area contributed by atoms with Crippen molar-refractivity contribution in [3.8, 4) is 0 Å². The van der Waals surface area contributed by atoms with E-state index >= 15 is 0 Å². The van der Waals surface area contributed by atoms with Crippen molar-refractivity contribution in [1.82, 2.24) is 4.67 Å². The van der Waals surface area contributed by atoms with E-state index in [1.165, 1.54) is 45.3 Å². The van der Waals surface area contributed by atoms with Crippen molar-refractivity contribution in [2.75, 3.05) is 26.2 Å². The van der Waals surface area contributed by atoms with Crippen LogP contribution >= 0.6 is 69.5 Å². The van der Waals surface area contributed by atoms with Gasteiger partial charge in [-0.2, -0.15) is 0 Å². The molecule has 0 amide bonds. The van der Waals surface area contributed by atoms with E-state index in [2.05, 4.69) is 18.6 Å². The molecule has 0 spiro atoms. The van der Waals surface area contributed by atoms with Crippen molar-refractivity contribution >= 4 is 75.4 Å². The molecule has 1 heterocycles. The number of aliphatic imine (C=N–C) groups is 1. The van der Waals surface area contributed by atoms with Crippen LogP contribution in [0.2, 0.25) is 0 Å². The molecule has 2 atom stereocenters. The van der Waals surface area contributed by atoms with E-state index in [1.807, 2.05) is 6.92 Å². The van der Waals surface area contributed by atoms with Crippen LogP contribution in [0.5, 0.6) is 0 Å². The van der Waals surface area contributed by atoms with Crippen molar-refractivity contribution in [2.45, 2.75) is 6.92 Å². The fourth-order valence-corrected chi connectivity index (χ4v) is 28.4. The van der Waals surface area contributed by atoms with Crippen molar-refractivity contribution < 1.29 is 4.74 Å². The van der Waals surface area contributed by atoms with Crippen molar-refractivity contribution in [3.05, 3.63) is 0 Å². The Bertz CT molecular complexity index is 436. The molecule has 98 valence electrons. The first-order valence-corrected chi connectivity index (χ1v) is 18.7. The predicted octanol–water partition coefficient (Wildman–Crippen LogP) is 7.42. The molecule has 0 aliphatic carbocycles. The molecule has 1 rings (SSSR count). The predicted molar refractivity (Wildman–Crippen MR) is 101 cm³/mol. The van der Waals surface area contributed by atoms with E-state index < -0.39 is 0 Å². The number of hydrogen-bond acceptors (Lipinski definition) is 3. The van der Waals surface area contributed by atoms with Crippen LogP contribution in [-0.2, 0) is 4.74 Å². The zero-order chi connectivity index (χ0) is 13.2. The van der Waals surface area contributed by atoms with Crippen LogP contribution in [-0.4, -0.2) is 36.8 Å². The second-order valence-corrected chi connectivity index (χ2v) is 21.9. The summed E-state index contributed by atoms with van der Waals surface area (Å²) < 4.78 is 7.90. The molecule has 0 aromatic rings. The van der Waals surface area contributed by atoms with E-state index in [1.54, 1.807) is 0 Å². The number of nitrogens with zero attached hydrogens (tertiary/aromatic N) is 2. The molecule has 0 aromatic carbocycles. The van der Waals surface area contributed by atoms with Crippen LogP contribution in [0.4, 0.5) is 0 Å². The van der Waals surface area contributed by atoms with Crippen molar-refractivity contribution in [1.29, 1.82) is 0 Å². The van der Waals surface area contributed by atoms with E-state index in [4.69, 9.17) is 13.1 Å². The summed E-state index contributed by atoms with van der Waals surface area (Å²) in [5, 5.41) is 0. The first-order chi connectivity index (χ1) is 8.77. The standard InChI is InChI=1S/C6H13N2OP9/c1-2-9-6-5-8(4-3-7-6)18(11)17-16-15-14-13-12-10/h2-5,10H2,1H3.